The molecule has 0 atom stereocenters. The van der Waals surface area contributed by atoms with E-state index in [1.54, 1.807) is 12.3 Å². The summed E-state index contributed by atoms with van der Waals surface area (Å²) in [6.07, 6.45) is 0.0932. The Bertz CT molecular complexity index is 524. The number of aryl methyl sites for hydroxylation is 1. The average molecular weight is 295 g/mol. The van der Waals surface area contributed by atoms with Crippen LogP contribution in [0.25, 0.3) is 0 Å². The second-order valence-corrected chi connectivity index (χ2v) is 6.09. The van der Waals surface area contributed by atoms with Crippen LogP contribution < -0.4 is 4.72 Å². The number of nitrogens with one attached hydrogen (secondary N) is 1. The topological polar surface area (TPSA) is 72.5 Å². The Labute approximate surface area is 109 Å². The first-order valence-corrected chi connectivity index (χ1v) is 7.52. The Hall–Kier alpha value is -0.990. The Morgan fingerprint density at radius 3 is 2.78 bits per heavy atom. The van der Waals surface area contributed by atoms with Gasteiger partial charge in [-0.25, -0.2) is 17.9 Å². The summed E-state index contributed by atoms with van der Waals surface area (Å²) in [5, 5.41) is 1.57. The molecule has 0 unspecified atom stereocenters. The molecule has 8 heteroatoms. The van der Waals surface area contributed by atoms with Crippen molar-refractivity contribution in [3.63, 3.8) is 0 Å². The summed E-state index contributed by atoms with van der Waals surface area (Å²) >= 11 is 1.01. The summed E-state index contributed by atoms with van der Waals surface area (Å²) < 4.78 is 42.7. The molecule has 1 heterocycles. The van der Waals surface area contributed by atoms with E-state index in [0.29, 0.717) is 5.56 Å². The molecule has 1 aromatic rings. The van der Waals surface area contributed by atoms with Crippen molar-refractivity contribution in [3.8, 4) is 0 Å². The van der Waals surface area contributed by atoms with E-state index < -0.39 is 22.7 Å². The number of carbonyl (C=O) groups excluding carboxylic acids is 1. The van der Waals surface area contributed by atoms with E-state index in [-0.39, 0.29) is 22.7 Å². The van der Waals surface area contributed by atoms with Crippen LogP contribution in [0.1, 0.15) is 21.7 Å². The van der Waals surface area contributed by atoms with Gasteiger partial charge in [-0.3, -0.25) is 4.39 Å². The van der Waals surface area contributed by atoms with Gasteiger partial charge in [0.1, 0.15) is 9.77 Å². The minimum Gasteiger partial charge on any atom is -0.465 e. The van der Waals surface area contributed by atoms with Crippen molar-refractivity contribution in [2.75, 3.05) is 20.3 Å². The monoisotopic (exact) mass is 295 g/mol. The van der Waals surface area contributed by atoms with Gasteiger partial charge in [-0.15, -0.1) is 11.3 Å². The molecular formula is C10H14FNO4S2. The molecule has 0 aliphatic carbocycles. The molecule has 0 aromatic carbocycles. The van der Waals surface area contributed by atoms with Crippen molar-refractivity contribution in [1.82, 2.24) is 4.72 Å². The number of rotatable bonds is 6. The van der Waals surface area contributed by atoms with E-state index in [9.17, 15) is 17.6 Å². The third-order valence-corrected chi connectivity index (χ3v) is 5.01. The Balaban J connectivity index is 3.07. The van der Waals surface area contributed by atoms with E-state index in [1.165, 1.54) is 7.11 Å². The summed E-state index contributed by atoms with van der Waals surface area (Å²) in [6.45, 7) is 0.983. The van der Waals surface area contributed by atoms with E-state index in [1.807, 2.05) is 0 Å². The van der Waals surface area contributed by atoms with Crippen molar-refractivity contribution in [1.29, 1.82) is 0 Å². The number of ether oxygens (including phenoxy) is 1. The summed E-state index contributed by atoms with van der Waals surface area (Å²) in [6, 6.07) is 0. The normalized spacial score (nSPS) is 11.5. The van der Waals surface area contributed by atoms with Gasteiger partial charge in [-0.1, -0.05) is 0 Å². The van der Waals surface area contributed by atoms with Crippen molar-refractivity contribution < 1.29 is 22.3 Å². The maximum Gasteiger partial charge on any atom is 0.349 e. The summed E-state index contributed by atoms with van der Waals surface area (Å²) in [5.41, 5.74) is 0.466. The highest BCUT2D eigenvalue weighted by Crippen LogP contribution is 2.27. The molecule has 0 bridgehead atoms. The highest BCUT2D eigenvalue weighted by Gasteiger charge is 2.26. The van der Waals surface area contributed by atoms with Crippen LogP contribution in [0.2, 0.25) is 0 Å². The first-order chi connectivity index (χ1) is 8.44. The maximum atomic E-state index is 12.0. The lowest BCUT2D eigenvalue weighted by Crippen LogP contribution is -2.26. The second-order valence-electron chi connectivity index (χ2n) is 3.51. The molecule has 1 N–H and O–H groups in total. The standard InChI is InChI=1S/C10H14FNO4S2/c1-7-6-17-8(10(13)16-2)9(7)18(14,15)12-5-3-4-11/h6,12H,3-5H2,1-2H3. The maximum absolute atomic E-state index is 12.0. The van der Waals surface area contributed by atoms with E-state index in [2.05, 4.69) is 9.46 Å². The predicted molar refractivity (Wildman–Crippen MR) is 66.2 cm³/mol. The molecule has 102 valence electrons. The van der Waals surface area contributed by atoms with Gasteiger partial charge in [-0.05, 0) is 24.3 Å². The third-order valence-electron chi connectivity index (χ3n) is 2.16. The van der Waals surface area contributed by atoms with Crippen LogP contribution >= 0.6 is 11.3 Å². The summed E-state index contributed by atoms with van der Waals surface area (Å²) in [5.74, 6) is -0.695. The van der Waals surface area contributed by atoms with Gasteiger partial charge in [0.25, 0.3) is 0 Å². The second kappa shape index (κ2) is 6.26. The molecule has 0 fully saturated rings. The summed E-state index contributed by atoms with van der Waals surface area (Å²) in [4.78, 5) is 11.4. The number of thiophene rings is 1. The van der Waals surface area contributed by atoms with E-state index in [0.717, 1.165) is 11.3 Å². The number of halogens is 1. The molecule has 0 saturated carbocycles. The lowest BCUT2D eigenvalue weighted by molar-refractivity contribution is 0.0602. The smallest absolute Gasteiger partial charge is 0.349 e. The number of carbonyl (C=O) groups is 1. The number of alkyl halides is 1. The lowest BCUT2D eigenvalue weighted by Gasteiger charge is -2.07. The van der Waals surface area contributed by atoms with Crippen LogP contribution in [0.3, 0.4) is 0 Å². The Morgan fingerprint density at radius 1 is 1.56 bits per heavy atom. The van der Waals surface area contributed by atoms with Crippen molar-refractivity contribution in [2.24, 2.45) is 0 Å². The van der Waals surface area contributed by atoms with Crippen molar-refractivity contribution in [3.05, 3.63) is 15.8 Å². The van der Waals surface area contributed by atoms with Crippen molar-refractivity contribution >= 4 is 27.3 Å². The number of hydrogen-bond donors (Lipinski definition) is 1. The zero-order chi connectivity index (χ0) is 13.8. The highest BCUT2D eigenvalue weighted by atomic mass is 32.2. The molecule has 0 aliphatic rings. The summed E-state index contributed by atoms with van der Waals surface area (Å²) in [7, 11) is -2.63. The van der Waals surface area contributed by atoms with E-state index >= 15 is 0 Å². The Kier molecular flexibility index (Phi) is 5.24. The Morgan fingerprint density at radius 2 is 2.22 bits per heavy atom. The van der Waals surface area contributed by atoms with Gasteiger partial charge in [-0.2, -0.15) is 0 Å². The minimum atomic E-state index is -3.81. The van der Waals surface area contributed by atoms with Gasteiger partial charge in [0.05, 0.1) is 13.8 Å². The van der Waals surface area contributed by atoms with Crippen molar-refractivity contribution in [2.45, 2.75) is 18.2 Å². The van der Waals surface area contributed by atoms with Crippen LogP contribution in [0, 0.1) is 6.92 Å². The molecule has 0 radical (unpaired) electrons. The van der Waals surface area contributed by atoms with Gasteiger partial charge in [0.2, 0.25) is 10.0 Å². The van der Waals surface area contributed by atoms with E-state index in [4.69, 9.17) is 0 Å². The molecule has 5 nitrogen and oxygen atoms in total. The van der Waals surface area contributed by atoms with Crippen LogP contribution in [0.5, 0.6) is 0 Å². The molecule has 18 heavy (non-hydrogen) atoms. The fraction of sp³-hybridized carbons (Fsp3) is 0.500. The SMILES string of the molecule is COC(=O)c1scc(C)c1S(=O)(=O)NCCCF. The van der Waals surface area contributed by atoms with Crippen LogP contribution in [-0.4, -0.2) is 34.7 Å². The largest absolute Gasteiger partial charge is 0.465 e. The fourth-order valence-electron chi connectivity index (χ4n) is 1.35. The fourth-order valence-corrected chi connectivity index (χ4v) is 4.12. The number of esters is 1. The van der Waals surface area contributed by atoms with Crippen LogP contribution in [0.4, 0.5) is 4.39 Å². The van der Waals surface area contributed by atoms with Gasteiger partial charge in [0, 0.05) is 6.54 Å². The van der Waals surface area contributed by atoms with Crippen LogP contribution in [-0.2, 0) is 14.8 Å². The number of sulfonamides is 1. The first-order valence-electron chi connectivity index (χ1n) is 5.16. The third kappa shape index (κ3) is 3.27. The van der Waals surface area contributed by atoms with Gasteiger partial charge >= 0.3 is 5.97 Å². The number of hydrogen-bond acceptors (Lipinski definition) is 5. The minimum absolute atomic E-state index is 0.00523. The lowest BCUT2D eigenvalue weighted by atomic mass is 10.3. The molecule has 0 saturated heterocycles. The molecular weight excluding hydrogens is 281 g/mol. The van der Waals surface area contributed by atoms with Gasteiger partial charge < -0.3 is 4.74 Å². The molecule has 0 aliphatic heterocycles. The molecule has 1 aromatic heterocycles. The first kappa shape index (κ1) is 15.1. The highest BCUT2D eigenvalue weighted by molar-refractivity contribution is 7.89. The average Bonchev–Trinajstić information content (AvgIpc) is 2.71. The molecule has 1 rings (SSSR count). The quantitative estimate of drug-likeness (QED) is 0.637. The van der Waals surface area contributed by atoms with Crippen LogP contribution in [0.15, 0.2) is 10.3 Å². The molecule has 0 spiro atoms. The zero-order valence-corrected chi connectivity index (χ0v) is 11.7. The zero-order valence-electron chi connectivity index (χ0n) is 10.0. The van der Waals surface area contributed by atoms with Gasteiger partial charge in [0.15, 0.2) is 0 Å². The number of methoxy groups -OCH3 is 1. The predicted octanol–water partition coefficient (Wildman–Crippen LogP) is 1.48. The molecule has 0 amide bonds.